The van der Waals surface area contributed by atoms with Gasteiger partial charge in [0.25, 0.3) is 0 Å². The molecule has 0 saturated heterocycles. The van der Waals surface area contributed by atoms with Gasteiger partial charge in [-0.25, -0.2) is 4.39 Å². The van der Waals surface area contributed by atoms with E-state index < -0.39 is 0 Å². The topological polar surface area (TPSA) is 12.0 Å². The first-order valence-electron chi connectivity index (χ1n) is 6.87. The van der Waals surface area contributed by atoms with Crippen molar-refractivity contribution in [2.24, 2.45) is 0 Å². The standard InChI is InChI=1S/C17H19BrFN/c1-3-10-20-17(14-7-5-4-6-12(14)2)13-8-9-15(18)16(19)11-13/h4-9,11,17,20H,3,10H2,1-2H3. The zero-order valence-corrected chi connectivity index (χ0v) is 13.4. The SMILES string of the molecule is CCCNC(c1ccc(Br)c(F)c1)c1ccccc1C. The van der Waals surface area contributed by atoms with Crippen LogP contribution < -0.4 is 5.32 Å². The van der Waals surface area contributed by atoms with Gasteiger partial charge in [0.15, 0.2) is 0 Å². The van der Waals surface area contributed by atoms with Crippen molar-refractivity contribution in [3.63, 3.8) is 0 Å². The number of nitrogens with one attached hydrogen (secondary N) is 1. The van der Waals surface area contributed by atoms with E-state index in [9.17, 15) is 4.39 Å². The highest BCUT2D eigenvalue weighted by Crippen LogP contribution is 2.27. The Labute approximate surface area is 128 Å². The predicted molar refractivity (Wildman–Crippen MR) is 85.4 cm³/mol. The molecule has 0 aliphatic heterocycles. The van der Waals surface area contributed by atoms with Crippen LogP contribution in [-0.2, 0) is 0 Å². The van der Waals surface area contributed by atoms with Crippen LogP contribution in [0.2, 0.25) is 0 Å². The number of benzene rings is 2. The molecule has 2 aromatic carbocycles. The lowest BCUT2D eigenvalue weighted by molar-refractivity contribution is 0.581. The molecule has 0 aromatic heterocycles. The van der Waals surface area contributed by atoms with Gasteiger partial charge in [-0.15, -0.1) is 0 Å². The van der Waals surface area contributed by atoms with Gasteiger partial charge in [0, 0.05) is 0 Å². The van der Waals surface area contributed by atoms with E-state index in [2.05, 4.69) is 47.2 Å². The average Bonchev–Trinajstić information content (AvgIpc) is 2.44. The molecule has 0 aliphatic rings. The molecule has 0 radical (unpaired) electrons. The Kier molecular flexibility index (Phi) is 5.32. The highest BCUT2D eigenvalue weighted by atomic mass is 79.9. The van der Waals surface area contributed by atoms with Crippen molar-refractivity contribution in [3.8, 4) is 0 Å². The lowest BCUT2D eigenvalue weighted by Gasteiger charge is -2.21. The van der Waals surface area contributed by atoms with Crippen LogP contribution in [0.25, 0.3) is 0 Å². The van der Waals surface area contributed by atoms with E-state index >= 15 is 0 Å². The minimum atomic E-state index is -0.223. The van der Waals surface area contributed by atoms with E-state index in [0.29, 0.717) is 4.47 Å². The van der Waals surface area contributed by atoms with Crippen molar-refractivity contribution in [2.75, 3.05) is 6.54 Å². The molecular formula is C17H19BrFN. The van der Waals surface area contributed by atoms with Gasteiger partial charge in [0.05, 0.1) is 10.5 Å². The normalized spacial score (nSPS) is 12.4. The number of halogens is 2. The number of aryl methyl sites for hydroxylation is 1. The fourth-order valence-electron chi connectivity index (χ4n) is 2.30. The van der Waals surface area contributed by atoms with Gasteiger partial charge in [-0.05, 0) is 64.6 Å². The zero-order valence-electron chi connectivity index (χ0n) is 11.8. The van der Waals surface area contributed by atoms with Crippen molar-refractivity contribution in [3.05, 3.63) is 69.4 Å². The van der Waals surface area contributed by atoms with Crippen molar-refractivity contribution in [1.82, 2.24) is 5.32 Å². The first kappa shape index (κ1) is 15.2. The van der Waals surface area contributed by atoms with Gasteiger partial charge in [-0.1, -0.05) is 37.3 Å². The third-order valence-corrected chi connectivity index (χ3v) is 4.02. The molecule has 20 heavy (non-hydrogen) atoms. The lowest BCUT2D eigenvalue weighted by atomic mass is 9.95. The minimum absolute atomic E-state index is 0.0266. The third kappa shape index (κ3) is 3.47. The van der Waals surface area contributed by atoms with Crippen LogP contribution in [0.1, 0.15) is 36.1 Å². The summed E-state index contributed by atoms with van der Waals surface area (Å²) in [6, 6.07) is 13.6. The monoisotopic (exact) mass is 335 g/mol. The second kappa shape index (κ2) is 7.00. The highest BCUT2D eigenvalue weighted by molar-refractivity contribution is 9.10. The van der Waals surface area contributed by atoms with Gasteiger partial charge >= 0.3 is 0 Å². The molecule has 1 N–H and O–H groups in total. The molecule has 2 aromatic rings. The average molecular weight is 336 g/mol. The maximum absolute atomic E-state index is 13.8. The first-order valence-corrected chi connectivity index (χ1v) is 7.66. The van der Waals surface area contributed by atoms with E-state index in [-0.39, 0.29) is 11.9 Å². The van der Waals surface area contributed by atoms with Gasteiger partial charge in [-0.2, -0.15) is 0 Å². The lowest BCUT2D eigenvalue weighted by Crippen LogP contribution is -2.24. The summed E-state index contributed by atoms with van der Waals surface area (Å²) in [4.78, 5) is 0. The second-order valence-electron chi connectivity index (χ2n) is 4.92. The van der Waals surface area contributed by atoms with Crippen molar-refractivity contribution in [2.45, 2.75) is 26.3 Å². The second-order valence-corrected chi connectivity index (χ2v) is 5.77. The Morgan fingerprint density at radius 3 is 2.60 bits per heavy atom. The highest BCUT2D eigenvalue weighted by Gasteiger charge is 2.16. The van der Waals surface area contributed by atoms with Crippen LogP contribution in [0.3, 0.4) is 0 Å². The molecule has 2 rings (SSSR count). The first-order chi connectivity index (χ1) is 9.63. The minimum Gasteiger partial charge on any atom is -0.306 e. The fraction of sp³-hybridized carbons (Fsp3) is 0.294. The van der Waals surface area contributed by atoms with E-state index in [1.807, 2.05) is 18.2 Å². The molecule has 0 aliphatic carbocycles. The van der Waals surface area contributed by atoms with Crippen LogP contribution in [-0.4, -0.2) is 6.54 Å². The van der Waals surface area contributed by atoms with Crippen LogP contribution >= 0.6 is 15.9 Å². The van der Waals surface area contributed by atoms with E-state index in [1.54, 1.807) is 12.1 Å². The summed E-state index contributed by atoms with van der Waals surface area (Å²) in [5.74, 6) is -0.223. The molecule has 0 amide bonds. The molecular weight excluding hydrogens is 317 g/mol. The zero-order chi connectivity index (χ0) is 14.5. The molecule has 1 unspecified atom stereocenters. The van der Waals surface area contributed by atoms with Gasteiger partial charge < -0.3 is 5.32 Å². The molecule has 1 nitrogen and oxygen atoms in total. The van der Waals surface area contributed by atoms with Crippen molar-refractivity contribution < 1.29 is 4.39 Å². The summed E-state index contributed by atoms with van der Waals surface area (Å²) in [5.41, 5.74) is 3.36. The van der Waals surface area contributed by atoms with Crippen LogP contribution in [0.4, 0.5) is 4.39 Å². The quantitative estimate of drug-likeness (QED) is 0.811. The Bertz CT molecular complexity index is 583. The molecule has 0 bridgehead atoms. The van der Waals surface area contributed by atoms with Gasteiger partial charge in [0.2, 0.25) is 0 Å². The summed E-state index contributed by atoms with van der Waals surface area (Å²) in [7, 11) is 0. The molecule has 1 atom stereocenters. The van der Waals surface area contributed by atoms with E-state index in [1.165, 1.54) is 11.1 Å². The van der Waals surface area contributed by atoms with E-state index in [0.717, 1.165) is 18.5 Å². The van der Waals surface area contributed by atoms with Gasteiger partial charge in [-0.3, -0.25) is 0 Å². The molecule has 106 valence electrons. The Morgan fingerprint density at radius 1 is 1.20 bits per heavy atom. The molecule has 0 fully saturated rings. The molecule has 0 spiro atoms. The largest absolute Gasteiger partial charge is 0.306 e. The van der Waals surface area contributed by atoms with Gasteiger partial charge in [0.1, 0.15) is 5.82 Å². The molecule has 0 heterocycles. The molecule has 3 heteroatoms. The third-order valence-electron chi connectivity index (χ3n) is 3.37. The summed E-state index contributed by atoms with van der Waals surface area (Å²) in [6.45, 7) is 5.12. The fourth-order valence-corrected chi connectivity index (χ4v) is 2.55. The van der Waals surface area contributed by atoms with Crippen LogP contribution in [0.15, 0.2) is 46.9 Å². The smallest absolute Gasteiger partial charge is 0.137 e. The Morgan fingerprint density at radius 2 is 1.95 bits per heavy atom. The summed E-state index contributed by atoms with van der Waals surface area (Å²) in [5, 5.41) is 3.51. The Balaban J connectivity index is 2.41. The summed E-state index contributed by atoms with van der Waals surface area (Å²) >= 11 is 3.21. The van der Waals surface area contributed by atoms with Crippen molar-refractivity contribution >= 4 is 15.9 Å². The van der Waals surface area contributed by atoms with Crippen molar-refractivity contribution in [1.29, 1.82) is 0 Å². The maximum atomic E-state index is 13.8. The number of rotatable bonds is 5. The maximum Gasteiger partial charge on any atom is 0.137 e. The summed E-state index contributed by atoms with van der Waals surface area (Å²) in [6.07, 6.45) is 1.04. The summed E-state index contributed by atoms with van der Waals surface area (Å²) < 4.78 is 14.3. The Hall–Kier alpha value is -1.19. The molecule has 0 saturated carbocycles. The van der Waals surface area contributed by atoms with Crippen LogP contribution in [0.5, 0.6) is 0 Å². The predicted octanol–water partition coefficient (Wildman–Crippen LogP) is 4.99. The number of hydrogen-bond acceptors (Lipinski definition) is 1. The number of hydrogen-bond donors (Lipinski definition) is 1. The van der Waals surface area contributed by atoms with E-state index in [4.69, 9.17) is 0 Å². The van der Waals surface area contributed by atoms with Crippen LogP contribution in [0, 0.1) is 12.7 Å².